The summed E-state index contributed by atoms with van der Waals surface area (Å²) in [7, 11) is 0. The van der Waals surface area contributed by atoms with Crippen molar-refractivity contribution in [1.29, 1.82) is 0 Å². The fourth-order valence-corrected chi connectivity index (χ4v) is 2.25. The summed E-state index contributed by atoms with van der Waals surface area (Å²) in [4.78, 5) is 13.4. The predicted octanol–water partition coefficient (Wildman–Crippen LogP) is 2.01. The van der Waals surface area contributed by atoms with Crippen LogP contribution in [-0.2, 0) is 16.8 Å². The Morgan fingerprint density at radius 2 is 2.12 bits per heavy atom. The van der Waals surface area contributed by atoms with Crippen LogP contribution in [0.1, 0.15) is 37.4 Å². The van der Waals surface area contributed by atoms with Gasteiger partial charge in [0.05, 0.1) is 6.04 Å². The summed E-state index contributed by atoms with van der Waals surface area (Å²) in [5.74, 6) is -0.312. The van der Waals surface area contributed by atoms with E-state index in [1.807, 2.05) is 0 Å². The number of nitrogens with two attached hydrogens (primary N) is 1. The summed E-state index contributed by atoms with van der Waals surface area (Å²) >= 11 is 1.78. The van der Waals surface area contributed by atoms with E-state index in [2.05, 4.69) is 38.2 Å². The number of rotatable bonds is 4. The van der Waals surface area contributed by atoms with Gasteiger partial charge in [-0.25, -0.2) is 0 Å². The van der Waals surface area contributed by atoms with Crippen LogP contribution < -0.4 is 11.1 Å². The first-order valence-corrected chi connectivity index (χ1v) is 6.24. The largest absolute Gasteiger partial charge is 0.368 e. The predicted molar refractivity (Wildman–Crippen MR) is 68.5 cm³/mol. The van der Waals surface area contributed by atoms with Crippen LogP contribution >= 0.6 is 11.3 Å². The molecule has 3 N–H and O–H groups in total. The summed E-state index contributed by atoms with van der Waals surface area (Å²) in [5.41, 5.74) is 5.37. The highest BCUT2D eigenvalue weighted by Crippen LogP contribution is 2.29. The zero-order valence-corrected chi connectivity index (χ0v) is 11.1. The zero-order chi connectivity index (χ0) is 12.3. The summed E-state index contributed by atoms with van der Waals surface area (Å²) in [6.45, 7) is 9.07. The second-order valence-electron chi connectivity index (χ2n) is 5.02. The van der Waals surface area contributed by atoms with E-state index in [1.165, 1.54) is 9.75 Å². The lowest BCUT2D eigenvalue weighted by Gasteiger charge is -2.15. The van der Waals surface area contributed by atoms with Crippen molar-refractivity contribution in [1.82, 2.24) is 5.32 Å². The minimum Gasteiger partial charge on any atom is -0.368 e. The minimum absolute atomic E-state index is 0.193. The molecule has 0 saturated heterocycles. The number of amides is 1. The van der Waals surface area contributed by atoms with Crippen LogP contribution in [0.15, 0.2) is 12.1 Å². The van der Waals surface area contributed by atoms with Gasteiger partial charge in [0.2, 0.25) is 5.91 Å². The smallest absolute Gasteiger partial charge is 0.234 e. The normalized spacial score (nSPS) is 13.8. The van der Waals surface area contributed by atoms with Gasteiger partial charge in [0, 0.05) is 16.3 Å². The van der Waals surface area contributed by atoms with E-state index in [0.29, 0.717) is 6.54 Å². The Hall–Kier alpha value is -0.870. The van der Waals surface area contributed by atoms with E-state index in [0.717, 1.165) is 0 Å². The van der Waals surface area contributed by atoms with E-state index in [4.69, 9.17) is 5.73 Å². The topological polar surface area (TPSA) is 55.1 Å². The number of thiophene rings is 1. The number of hydrogen-bond acceptors (Lipinski definition) is 3. The maximum absolute atomic E-state index is 10.8. The summed E-state index contributed by atoms with van der Waals surface area (Å²) < 4.78 is 0. The van der Waals surface area contributed by atoms with Gasteiger partial charge in [-0.05, 0) is 24.5 Å². The molecule has 0 aliphatic carbocycles. The highest BCUT2D eigenvalue weighted by molar-refractivity contribution is 7.12. The Kier molecular flexibility index (Phi) is 4.10. The molecule has 3 nitrogen and oxygen atoms in total. The van der Waals surface area contributed by atoms with Crippen LogP contribution in [0.4, 0.5) is 0 Å². The third kappa shape index (κ3) is 3.61. The van der Waals surface area contributed by atoms with E-state index < -0.39 is 0 Å². The highest BCUT2D eigenvalue weighted by Gasteiger charge is 2.16. The monoisotopic (exact) mass is 240 g/mol. The maximum Gasteiger partial charge on any atom is 0.234 e. The average molecular weight is 240 g/mol. The van der Waals surface area contributed by atoms with Crippen LogP contribution in [-0.4, -0.2) is 11.9 Å². The van der Waals surface area contributed by atoms with Crippen molar-refractivity contribution < 1.29 is 4.79 Å². The average Bonchev–Trinajstić information content (AvgIpc) is 2.61. The SMILES string of the molecule is C[C@H](NCc1ccc(C(C)(C)C)s1)C(N)=O. The van der Waals surface area contributed by atoms with Gasteiger partial charge in [-0.3, -0.25) is 4.79 Å². The Labute approximate surface area is 101 Å². The summed E-state index contributed by atoms with van der Waals surface area (Å²) in [6.07, 6.45) is 0. The first-order chi connectivity index (χ1) is 7.30. The molecule has 0 aliphatic rings. The van der Waals surface area contributed by atoms with Gasteiger partial charge >= 0.3 is 0 Å². The highest BCUT2D eigenvalue weighted by atomic mass is 32.1. The standard InChI is InChI=1S/C12H20N2OS/c1-8(11(13)15)14-7-9-5-6-10(16-9)12(2,3)4/h5-6,8,14H,7H2,1-4H3,(H2,13,15)/t8-/m0/s1. The summed E-state index contributed by atoms with van der Waals surface area (Å²) in [5, 5.41) is 3.10. The van der Waals surface area contributed by atoms with E-state index >= 15 is 0 Å². The number of primary amides is 1. The van der Waals surface area contributed by atoms with Crippen LogP contribution in [0.5, 0.6) is 0 Å². The Morgan fingerprint density at radius 1 is 1.50 bits per heavy atom. The lowest BCUT2D eigenvalue weighted by atomic mass is 9.95. The fraction of sp³-hybridized carbons (Fsp3) is 0.583. The van der Waals surface area contributed by atoms with Gasteiger partial charge in [-0.1, -0.05) is 20.8 Å². The van der Waals surface area contributed by atoms with Crippen molar-refractivity contribution in [2.45, 2.75) is 45.7 Å². The molecule has 4 heteroatoms. The Morgan fingerprint density at radius 3 is 2.56 bits per heavy atom. The molecule has 1 aromatic heterocycles. The third-order valence-corrected chi connectivity index (χ3v) is 3.92. The molecule has 1 atom stereocenters. The first-order valence-electron chi connectivity index (χ1n) is 5.42. The van der Waals surface area contributed by atoms with Crippen molar-refractivity contribution in [3.63, 3.8) is 0 Å². The molecule has 0 bridgehead atoms. The molecule has 0 spiro atoms. The first kappa shape index (κ1) is 13.2. The molecule has 1 amide bonds. The lowest BCUT2D eigenvalue weighted by Crippen LogP contribution is -2.38. The van der Waals surface area contributed by atoms with Crippen molar-refractivity contribution in [3.8, 4) is 0 Å². The number of nitrogens with one attached hydrogen (secondary N) is 1. The summed E-state index contributed by atoms with van der Waals surface area (Å²) in [6, 6.07) is 3.97. The van der Waals surface area contributed by atoms with Crippen molar-refractivity contribution in [2.24, 2.45) is 5.73 Å². The quantitative estimate of drug-likeness (QED) is 0.846. The number of carbonyl (C=O) groups excluding carboxylic acids is 1. The molecule has 0 saturated carbocycles. The molecule has 0 fully saturated rings. The molecule has 1 aromatic rings. The molecular formula is C12H20N2OS. The third-order valence-electron chi connectivity index (χ3n) is 2.41. The lowest BCUT2D eigenvalue weighted by molar-refractivity contribution is -0.119. The van der Waals surface area contributed by atoms with E-state index in [1.54, 1.807) is 18.3 Å². The van der Waals surface area contributed by atoms with Crippen molar-refractivity contribution in [2.75, 3.05) is 0 Å². The molecule has 16 heavy (non-hydrogen) atoms. The van der Waals surface area contributed by atoms with Crippen LogP contribution in [0.25, 0.3) is 0 Å². The van der Waals surface area contributed by atoms with Crippen molar-refractivity contribution in [3.05, 3.63) is 21.9 Å². The second kappa shape index (κ2) is 4.97. The van der Waals surface area contributed by atoms with Gasteiger partial charge in [-0.2, -0.15) is 0 Å². The van der Waals surface area contributed by atoms with Gasteiger partial charge in [0.25, 0.3) is 0 Å². The Bertz CT molecular complexity index is 365. The molecule has 90 valence electrons. The molecule has 1 heterocycles. The molecule has 0 aromatic carbocycles. The van der Waals surface area contributed by atoms with Crippen LogP contribution in [0.2, 0.25) is 0 Å². The molecule has 0 radical (unpaired) electrons. The van der Waals surface area contributed by atoms with E-state index in [9.17, 15) is 4.79 Å². The van der Waals surface area contributed by atoms with E-state index in [-0.39, 0.29) is 17.4 Å². The molecule has 0 aliphatic heterocycles. The van der Waals surface area contributed by atoms with Gasteiger partial charge in [0.1, 0.15) is 0 Å². The molecular weight excluding hydrogens is 220 g/mol. The second-order valence-corrected chi connectivity index (χ2v) is 6.19. The minimum atomic E-state index is -0.312. The van der Waals surface area contributed by atoms with Crippen molar-refractivity contribution >= 4 is 17.2 Å². The van der Waals surface area contributed by atoms with Crippen LogP contribution in [0, 0.1) is 0 Å². The molecule has 1 rings (SSSR count). The van der Waals surface area contributed by atoms with Gasteiger partial charge in [-0.15, -0.1) is 11.3 Å². The fourth-order valence-electron chi connectivity index (χ4n) is 1.23. The number of hydrogen-bond donors (Lipinski definition) is 2. The maximum atomic E-state index is 10.8. The molecule has 0 unspecified atom stereocenters. The number of carbonyl (C=O) groups is 1. The van der Waals surface area contributed by atoms with Gasteiger partial charge < -0.3 is 11.1 Å². The van der Waals surface area contributed by atoms with Gasteiger partial charge in [0.15, 0.2) is 0 Å². The van der Waals surface area contributed by atoms with Crippen LogP contribution in [0.3, 0.4) is 0 Å². The Balaban J connectivity index is 2.57. The zero-order valence-electron chi connectivity index (χ0n) is 10.3.